The fourth-order valence-electron chi connectivity index (χ4n) is 4.57. The molecule has 2 aliphatic rings. The fourth-order valence-corrected chi connectivity index (χ4v) is 4.90. The van der Waals surface area contributed by atoms with E-state index >= 15 is 0 Å². The second-order valence-corrected chi connectivity index (χ2v) is 8.26. The summed E-state index contributed by atoms with van der Waals surface area (Å²) < 4.78 is 16.0. The Kier molecular flexibility index (Phi) is 8.16. The van der Waals surface area contributed by atoms with Gasteiger partial charge in [0, 0.05) is 30.8 Å². The van der Waals surface area contributed by atoms with Crippen LogP contribution in [0.25, 0.3) is 5.57 Å². The molecule has 1 N–H and O–H groups in total. The van der Waals surface area contributed by atoms with Crippen LogP contribution in [-0.4, -0.2) is 73.9 Å². The highest BCUT2D eigenvalue weighted by atomic mass is 35.5. The van der Waals surface area contributed by atoms with E-state index in [1.165, 1.54) is 12.2 Å². The van der Waals surface area contributed by atoms with Crippen LogP contribution in [0.2, 0.25) is 5.02 Å². The number of halogens is 1. The number of nitrogens with zero attached hydrogens (tertiary/aromatic N) is 2. The lowest BCUT2D eigenvalue weighted by Gasteiger charge is -2.44. The molecule has 0 radical (unpaired) electrons. The second-order valence-electron chi connectivity index (χ2n) is 7.82. The first-order chi connectivity index (χ1) is 15.3. The van der Waals surface area contributed by atoms with Gasteiger partial charge >= 0.3 is 6.16 Å². The summed E-state index contributed by atoms with van der Waals surface area (Å²) in [5.41, 5.74) is 1.96. The molecular formula is C22H31ClN2O7. The minimum atomic E-state index is -1.21. The van der Waals surface area contributed by atoms with Crippen molar-refractivity contribution in [3.8, 4) is 0 Å². The quantitative estimate of drug-likeness (QED) is 0.475. The van der Waals surface area contributed by atoms with E-state index in [2.05, 4.69) is 0 Å². The summed E-state index contributed by atoms with van der Waals surface area (Å²) in [7, 11) is 3.11. The maximum absolute atomic E-state index is 12.5. The molecule has 10 heteroatoms. The largest absolute Gasteiger partial charge is 0.513 e. The van der Waals surface area contributed by atoms with Crippen molar-refractivity contribution in [3.63, 3.8) is 0 Å². The number of aliphatic hydroxyl groups excluding tert-OH is 1. The molecule has 1 unspecified atom stereocenters. The van der Waals surface area contributed by atoms with E-state index in [-0.39, 0.29) is 13.4 Å². The third kappa shape index (κ3) is 4.65. The van der Waals surface area contributed by atoms with E-state index < -0.39 is 17.9 Å². The van der Waals surface area contributed by atoms with Gasteiger partial charge in [0.1, 0.15) is 11.3 Å². The van der Waals surface area contributed by atoms with Gasteiger partial charge in [-0.25, -0.2) is 4.79 Å². The van der Waals surface area contributed by atoms with Crippen molar-refractivity contribution in [1.82, 2.24) is 10.1 Å². The van der Waals surface area contributed by atoms with Gasteiger partial charge in [-0.1, -0.05) is 11.6 Å². The van der Waals surface area contributed by atoms with Crippen molar-refractivity contribution in [2.75, 3.05) is 40.7 Å². The van der Waals surface area contributed by atoms with Gasteiger partial charge < -0.3 is 24.2 Å². The molecule has 32 heavy (non-hydrogen) atoms. The van der Waals surface area contributed by atoms with Gasteiger partial charge in [-0.05, 0) is 62.4 Å². The molecule has 2 aliphatic heterocycles. The molecule has 178 valence electrons. The molecule has 1 atom stereocenters. The summed E-state index contributed by atoms with van der Waals surface area (Å²) in [4.78, 5) is 23.7. The molecule has 3 rings (SSSR count). The SMILES string of the molecule is CCOC(=O)OC1=C(c2c(C)cc(Cl)cc2C)C(O)N(OCOC)C12CCN(OC)CC2. The van der Waals surface area contributed by atoms with E-state index in [0.29, 0.717) is 42.3 Å². The van der Waals surface area contributed by atoms with E-state index in [1.54, 1.807) is 14.0 Å². The van der Waals surface area contributed by atoms with Crippen LogP contribution in [0.1, 0.15) is 36.5 Å². The first-order valence-electron chi connectivity index (χ1n) is 10.5. The Balaban J connectivity index is 2.19. The number of piperidine rings is 1. The number of aliphatic hydroxyl groups is 1. The lowest BCUT2D eigenvalue weighted by Crippen LogP contribution is -2.56. The number of carbonyl (C=O) groups excluding carboxylic acids is 1. The summed E-state index contributed by atoms with van der Waals surface area (Å²) in [6, 6.07) is 3.62. The minimum Gasteiger partial charge on any atom is -0.434 e. The van der Waals surface area contributed by atoms with Gasteiger partial charge in [0.15, 0.2) is 13.0 Å². The molecule has 0 amide bonds. The van der Waals surface area contributed by atoms with Crippen LogP contribution in [-0.2, 0) is 23.9 Å². The van der Waals surface area contributed by atoms with Crippen LogP contribution in [0.15, 0.2) is 17.9 Å². The van der Waals surface area contributed by atoms with Gasteiger partial charge in [-0.3, -0.25) is 4.84 Å². The summed E-state index contributed by atoms with van der Waals surface area (Å²) >= 11 is 6.24. The Hall–Kier alpha value is -1.72. The summed E-state index contributed by atoms with van der Waals surface area (Å²) in [6.07, 6.45) is -1.09. The molecule has 2 heterocycles. The number of aryl methyl sites for hydroxylation is 2. The van der Waals surface area contributed by atoms with Gasteiger partial charge in [-0.2, -0.15) is 5.06 Å². The molecule has 1 aromatic carbocycles. The van der Waals surface area contributed by atoms with E-state index in [1.807, 2.05) is 31.0 Å². The van der Waals surface area contributed by atoms with Gasteiger partial charge in [-0.15, -0.1) is 5.06 Å². The van der Waals surface area contributed by atoms with Crippen molar-refractivity contribution in [2.45, 2.75) is 45.4 Å². The van der Waals surface area contributed by atoms with Crippen molar-refractivity contribution in [1.29, 1.82) is 0 Å². The lowest BCUT2D eigenvalue weighted by atomic mass is 9.85. The molecule has 0 saturated carbocycles. The van der Waals surface area contributed by atoms with Crippen molar-refractivity contribution in [3.05, 3.63) is 39.6 Å². The smallest absolute Gasteiger partial charge is 0.434 e. The number of ether oxygens (including phenoxy) is 3. The maximum atomic E-state index is 12.5. The van der Waals surface area contributed by atoms with Crippen LogP contribution >= 0.6 is 11.6 Å². The molecule has 0 aliphatic carbocycles. The Morgan fingerprint density at radius 3 is 2.38 bits per heavy atom. The third-order valence-electron chi connectivity index (χ3n) is 5.90. The van der Waals surface area contributed by atoms with Crippen LogP contribution in [0, 0.1) is 13.8 Å². The fraction of sp³-hybridized carbons (Fsp3) is 0.591. The second kappa shape index (κ2) is 10.5. The Morgan fingerprint density at radius 2 is 1.84 bits per heavy atom. The number of methoxy groups -OCH3 is 1. The van der Waals surface area contributed by atoms with E-state index in [0.717, 1.165) is 16.7 Å². The maximum Gasteiger partial charge on any atom is 0.513 e. The number of benzene rings is 1. The zero-order valence-corrected chi connectivity index (χ0v) is 19.9. The monoisotopic (exact) mass is 470 g/mol. The van der Waals surface area contributed by atoms with Crippen LogP contribution in [0.4, 0.5) is 4.79 Å². The minimum absolute atomic E-state index is 0.0780. The molecule has 1 spiro atoms. The number of hydrogen-bond acceptors (Lipinski definition) is 9. The summed E-state index contributed by atoms with van der Waals surface area (Å²) in [5, 5.41) is 15.3. The predicted molar refractivity (Wildman–Crippen MR) is 117 cm³/mol. The zero-order chi connectivity index (χ0) is 23.5. The van der Waals surface area contributed by atoms with E-state index in [4.69, 9.17) is 35.5 Å². The van der Waals surface area contributed by atoms with Crippen molar-refractivity contribution in [2.24, 2.45) is 0 Å². The van der Waals surface area contributed by atoms with Crippen LogP contribution in [0.5, 0.6) is 0 Å². The van der Waals surface area contributed by atoms with Crippen molar-refractivity contribution >= 4 is 23.3 Å². The molecule has 1 saturated heterocycles. The normalized spacial score (nSPS) is 21.4. The Labute approximate surface area is 193 Å². The molecule has 0 bridgehead atoms. The Bertz CT molecular complexity index is 845. The highest BCUT2D eigenvalue weighted by Gasteiger charge is 2.57. The average molecular weight is 471 g/mol. The molecule has 1 aromatic rings. The summed E-state index contributed by atoms with van der Waals surface area (Å²) in [6.45, 7) is 6.66. The third-order valence-corrected chi connectivity index (χ3v) is 6.12. The molecule has 1 fully saturated rings. The number of hydrogen-bond donors (Lipinski definition) is 1. The predicted octanol–water partition coefficient (Wildman–Crippen LogP) is 3.41. The van der Waals surface area contributed by atoms with Gasteiger partial charge in [0.25, 0.3) is 0 Å². The highest BCUT2D eigenvalue weighted by molar-refractivity contribution is 6.30. The van der Waals surface area contributed by atoms with Crippen LogP contribution < -0.4 is 0 Å². The Morgan fingerprint density at radius 1 is 1.22 bits per heavy atom. The van der Waals surface area contributed by atoms with Gasteiger partial charge in [0.05, 0.1) is 13.7 Å². The lowest BCUT2D eigenvalue weighted by molar-refractivity contribution is -0.308. The van der Waals surface area contributed by atoms with Gasteiger partial charge in [0.2, 0.25) is 0 Å². The number of carbonyl (C=O) groups is 1. The zero-order valence-electron chi connectivity index (χ0n) is 19.1. The summed E-state index contributed by atoms with van der Waals surface area (Å²) in [5.74, 6) is 0.309. The molecule has 9 nitrogen and oxygen atoms in total. The van der Waals surface area contributed by atoms with Crippen LogP contribution in [0.3, 0.4) is 0 Å². The first kappa shape index (κ1) is 24.9. The standard InChI is InChI=1S/C22H31ClN2O7/c1-6-30-21(27)32-19-18(17-14(2)11-16(23)12-15(17)3)20(26)25(31-13-28-4)22(19)7-9-24(29-5)10-8-22/h11-12,20,26H,6-10,13H2,1-5H3. The molecule has 0 aromatic heterocycles. The topological polar surface area (TPSA) is 89.9 Å². The first-order valence-corrected chi connectivity index (χ1v) is 10.9. The molecular weight excluding hydrogens is 440 g/mol. The average Bonchev–Trinajstić information content (AvgIpc) is 2.94. The number of rotatable bonds is 7. The highest BCUT2D eigenvalue weighted by Crippen LogP contribution is 2.50. The van der Waals surface area contributed by atoms with E-state index in [9.17, 15) is 9.90 Å². The van der Waals surface area contributed by atoms with Crippen molar-refractivity contribution < 1.29 is 33.8 Å². The number of hydroxylamine groups is 4.